The largest absolute Gasteiger partial charge is 0.542 e. The van der Waals surface area contributed by atoms with Gasteiger partial charge >= 0.3 is 6.18 Å². The van der Waals surface area contributed by atoms with E-state index in [2.05, 4.69) is 22.5 Å². The van der Waals surface area contributed by atoms with Crippen molar-refractivity contribution in [3.05, 3.63) is 59.5 Å². The summed E-state index contributed by atoms with van der Waals surface area (Å²) in [7, 11) is 0. The molecule has 4 rings (SSSR count). The number of nitrogens with zero attached hydrogens (tertiary/aromatic N) is 2. The van der Waals surface area contributed by atoms with Crippen molar-refractivity contribution < 1.29 is 37.6 Å². The molecule has 11 heteroatoms. The lowest BCUT2D eigenvalue weighted by Gasteiger charge is -2.08. The van der Waals surface area contributed by atoms with Crippen LogP contribution in [0.15, 0.2) is 42.6 Å². The molecule has 1 aromatic heterocycles. The quantitative estimate of drug-likeness (QED) is 0.593. The van der Waals surface area contributed by atoms with Crippen molar-refractivity contribution in [3.63, 3.8) is 0 Å². The molecule has 164 valence electrons. The third-order valence-corrected chi connectivity index (χ3v) is 4.83. The van der Waals surface area contributed by atoms with Gasteiger partial charge in [-0.2, -0.15) is 18.3 Å². The van der Waals surface area contributed by atoms with Gasteiger partial charge in [-0.05, 0) is 24.3 Å². The average molecular weight is 438 g/mol. The van der Waals surface area contributed by atoms with Crippen LogP contribution in [0.3, 0.4) is 0 Å². The highest BCUT2D eigenvalue weighted by molar-refractivity contribution is 6.04. The van der Waals surface area contributed by atoms with Gasteiger partial charge in [0.05, 0.1) is 17.8 Å². The Balaban J connectivity index is 0.000000339. The van der Waals surface area contributed by atoms with E-state index in [1.54, 1.807) is 10.9 Å². The van der Waals surface area contributed by atoms with Crippen LogP contribution in [0.25, 0.3) is 16.6 Å². The summed E-state index contributed by atoms with van der Waals surface area (Å²) < 4.78 is 46.8. The SMILES string of the molecule is NC(=O)c1cc(F)cc2cn(-c3ccc(C4CCC[NH2+]4)cc3)nc12.O=C([O-])C(F)(F)F. The molecule has 1 unspecified atom stereocenters. The maximum absolute atomic E-state index is 13.6. The first-order valence-corrected chi connectivity index (χ1v) is 9.27. The molecule has 3 aromatic rings. The minimum atomic E-state index is -5.19. The van der Waals surface area contributed by atoms with E-state index in [1.807, 2.05) is 12.1 Å². The first-order valence-electron chi connectivity index (χ1n) is 9.27. The van der Waals surface area contributed by atoms with Crippen molar-refractivity contribution in [1.82, 2.24) is 9.78 Å². The number of benzene rings is 2. The van der Waals surface area contributed by atoms with Gasteiger partial charge in [-0.25, -0.2) is 9.07 Å². The summed E-state index contributed by atoms with van der Waals surface area (Å²) in [5, 5.41) is 16.1. The van der Waals surface area contributed by atoms with Crippen LogP contribution in [-0.2, 0) is 4.79 Å². The fourth-order valence-electron chi connectivity index (χ4n) is 3.37. The Morgan fingerprint density at radius 1 is 1.19 bits per heavy atom. The number of primary amides is 1. The van der Waals surface area contributed by atoms with E-state index >= 15 is 0 Å². The summed E-state index contributed by atoms with van der Waals surface area (Å²) in [5.74, 6) is -4.19. The Kier molecular flexibility index (Phi) is 6.25. The second kappa shape index (κ2) is 8.72. The van der Waals surface area contributed by atoms with Gasteiger partial charge in [0, 0.05) is 30.0 Å². The van der Waals surface area contributed by atoms with Crippen molar-refractivity contribution in [2.75, 3.05) is 6.54 Å². The number of carbonyl (C=O) groups is 2. The van der Waals surface area contributed by atoms with Crippen LogP contribution in [0.5, 0.6) is 0 Å². The molecule has 1 aliphatic rings. The molecule has 0 bridgehead atoms. The lowest BCUT2D eigenvalue weighted by atomic mass is 10.1. The second-order valence-corrected chi connectivity index (χ2v) is 6.98. The number of aromatic nitrogens is 2. The Bertz CT molecular complexity index is 1100. The maximum Gasteiger partial charge on any atom is 0.430 e. The summed E-state index contributed by atoms with van der Waals surface area (Å²) >= 11 is 0. The molecule has 0 spiro atoms. The molecule has 2 heterocycles. The van der Waals surface area contributed by atoms with E-state index in [9.17, 15) is 22.4 Å². The van der Waals surface area contributed by atoms with Gasteiger partial charge in [0.15, 0.2) is 0 Å². The molecular formula is C20H18F4N4O3. The van der Waals surface area contributed by atoms with Crippen molar-refractivity contribution in [1.29, 1.82) is 0 Å². The smallest absolute Gasteiger partial charge is 0.430 e. The molecule has 4 N–H and O–H groups in total. The number of alkyl halides is 3. The summed E-state index contributed by atoms with van der Waals surface area (Å²) in [4.78, 5) is 20.3. The van der Waals surface area contributed by atoms with Crippen LogP contribution in [0.1, 0.15) is 34.8 Å². The second-order valence-electron chi connectivity index (χ2n) is 6.98. The lowest BCUT2D eigenvalue weighted by Crippen LogP contribution is -2.81. The van der Waals surface area contributed by atoms with Crippen molar-refractivity contribution >= 4 is 22.8 Å². The molecule has 1 saturated heterocycles. The lowest BCUT2D eigenvalue weighted by molar-refractivity contribution is -0.676. The number of halogens is 4. The summed E-state index contributed by atoms with van der Waals surface area (Å²) in [6.45, 7) is 1.18. The van der Waals surface area contributed by atoms with Gasteiger partial charge in [0.25, 0.3) is 5.91 Å². The van der Waals surface area contributed by atoms with Crippen molar-refractivity contribution in [2.24, 2.45) is 5.73 Å². The van der Waals surface area contributed by atoms with Crippen LogP contribution in [-0.4, -0.2) is 34.4 Å². The molecule has 7 nitrogen and oxygen atoms in total. The van der Waals surface area contributed by atoms with E-state index in [1.165, 1.54) is 31.0 Å². The van der Waals surface area contributed by atoms with Crippen LogP contribution in [0, 0.1) is 5.82 Å². The highest BCUT2D eigenvalue weighted by Gasteiger charge is 2.28. The van der Waals surface area contributed by atoms with Gasteiger partial charge < -0.3 is 21.0 Å². The first-order chi connectivity index (χ1) is 14.6. The Morgan fingerprint density at radius 3 is 2.35 bits per heavy atom. The third-order valence-electron chi connectivity index (χ3n) is 4.83. The number of amides is 1. The summed E-state index contributed by atoms with van der Waals surface area (Å²) in [5.41, 5.74) is 8.01. The molecule has 1 fully saturated rings. The molecule has 1 atom stereocenters. The highest BCUT2D eigenvalue weighted by atomic mass is 19.4. The highest BCUT2D eigenvalue weighted by Crippen LogP contribution is 2.23. The van der Waals surface area contributed by atoms with Crippen molar-refractivity contribution in [2.45, 2.75) is 25.1 Å². The maximum atomic E-state index is 13.6. The normalized spacial score (nSPS) is 16.1. The molecule has 0 aliphatic carbocycles. The molecule has 0 radical (unpaired) electrons. The van der Waals surface area contributed by atoms with Crippen LogP contribution >= 0.6 is 0 Å². The average Bonchev–Trinajstić information content (AvgIpc) is 3.37. The number of carboxylic acids is 1. The van der Waals surface area contributed by atoms with Crippen LogP contribution in [0.2, 0.25) is 0 Å². The number of rotatable bonds is 3. The Morgan fingerprint density at radius 2 is 1.84 bits per heavy atom. The molecule has 1 aliphatic heterocycles. The summed E-state index contributed by atoms with van der Waals surface area (Å²) in [6.07, 6.45) is -1.04. The van der Waals surface area contributed by atoms with Crippen LogP contribution in [0.4, 0.5) is 17.6 Å². The zero-order chi connectivity index (χ0) is 22.8. The number of aliphatic carboxylic acids is 1. The van der Waals surface area contributed by atoms with Crippen LogP contribution < -0.4 is 16.2 Å². The number of nitrogens with two attached hydrogens (primary N) is 2. The number of quaternary nitrogens is 1. The van der Waals surface area contributed by atoms with Crippen molar-refractivity contribution in [3.8, 4) is 5.69 Å². The summed E-state index contributed by atoms with van der Waals surface area (Å²) in [6, 6.07) is 11.2. The fraction of sp³-hybridized carbons (Fsp3) is 0.250. The predicted octanol–water partition coefficient (Wildman–Crippen LogP) is 0.960. The number of carbonyl (C=O) groups excluding carboxylic acids is 2. The molecular weight excluding hydrogens is 420 g/mol. The zero-order valence-electron chi connectivity index (χ0n) is 16.0. The molecule has 2 aromatic carbocycles. The Hall–Kier alpha value is -3.47. The molecule has 1 amide bonds. The molecule has 0 saturated carbocycles. The van der Waals surface area contributed by atoms with E-state index in [4.69, 9.17) is 15.6 Å². The van der Waals surface area contributed by atoms with Gasteiger partial charge in [-0.3, -0.25) is 4.79 Å². The minimum absolute atomic E-state index is 0.0981. The van der Waals surface area contributed by atoms with Gasteiger partial charge in [0.2, 0.25) is 0 Å². The number of hydrogen-bond acceptors (Lipinski definition) is 4. The van der Waals surface area contributed by atoms with E-state index in [0.29, 0.717) is 16.9 Å². The monoisotopic (exact) mass is 438 g/mol. The van der Waals surface area contributed by atoms with Gasteiger partial charge in [-0.15, -0.1) is 0 Å². The standard InChI is InChI=1S/C18H17FN4O.C2HF3O2/c19-13-8-12-10-23(22-17(12)15(9-13)18(20)24)14-5-3-11(4-6-14)16-2-1-7-21-16;3-2(4,5)1(6)7/h3-6,8-10,16,21H,1-2,7H2,(H2,20,24);(H,6,7). The zero-order valence-corrected chi connectivity index (χ0v) is 16.0. The third kappa shape index (κ3) is 5.18. The number of carboxylic acid groups (broad SMARTS) is 1. The first kappa shape index (κ1) is 22.2. The van der Waals surface area contributed by atoms with E-state index in [-0.39, 0.29) is 5.56 Å². The number of fused-ring (bicyclic) bond motifs is 1. The topological polar surface area (TPSA) is 118 Å². The van der Waals surface area contributed by atoms with E-state index in [0.717, 1.165) is 11.8 Å². The fourth-order valence-corrected chi connectivity index (χ4v) is 3.37. The number of hydrogen-bond donors (Lipinski definition) is 2. The van der Waals surface area contributed by atoms with E-state index < -0.39 is 23.9 Å². The molecule has 31 heavy (non-hydrogen) atoms. The Labute approximate surface area is 173 Å². The predicted molar refractivity (Wildman–Crippen MR) is 99.4 cm³/mol. The minimum Gasteiger partial charge on any atom is -0.542 e. The van der Waals surface area contributed by atoms with Gasteiger partial charge in [-0.1, -0.05) is 12.1 Å². The van der Waals surface area contributed by atoms with Gasteiger partial charge in [0.1, 0.15) is 23.3 Å².